The maximum Gasteiger partial charge on any atom is 0.225 e. The van der Waals surface area contributed by atoms with Crippen LogP contribution in [0.2, 0.25) is 5.02 Å². The molecule has 0 radical (unpaired) electrons. The van der Waals surface area contributed by atoms with E-state index in [0.29, 0.717) is 48.4 Å². The number of ether oxygens (including phenoxy) is 2. The molecule has 3 atom stereocenters. The van der Waals surface area contributed by atoms with Gasteiger partial charge in [0.05, 0.1) is 12.0 Å². The van der Waals surface area contributed by atoms with Crippen LogP contribution < -0.4 is 19.7 Å². The first kappa shape index (κ1) is 27.4. The van der Waals surface area contributed by atoms with Crippen molar-refractivity contribution in [2.24, 2.45) is 5.92 Å². The summed E-state index contributed by atoms with van der Waals surface area (Å²) < 4.78 is 11.4. The first-order chi connectivity index (χ1) is 18.0. The number of fused-ring (bicyclic) bond motifs is 1. The van der Waals surface area contributed by atoms with Crippen molar-refractivity contribution < 1.29 is 19.4 Å². The number of hydrogen-bond acceptors (Lipinski definition) is 6. The van der Waals surface area contributed by atoms with Crippen LogP contribution in [0.3, 0.4) is 0 Å². The summed E-state index contributed by atoms with van der Waals surface area (Å²) in [7, 11) is 8.99. The third-order valence-corrected chi connectivity index (χ3v) is 8.81. The van der Waals surface area contributed by atoms with Gasteiger partial charge in [0.1, 0.15) is 50.7 Å². The Kier molecular flexibility index (Phi) is 7.73. The molecular formula is C26H36B4ClN3O4. The third-order valence-electron chi connectivity index (χ3n) is 8.56. The highest BCUT2D eigenvalue weighted by Crippen LogP contribution is 2.37. The average molecular weight is 533 g/mol. The molecule has 2 aromatic rings. The first-order valence-corrected chi connectivity index (χ1v) is 14.1. The van der Waals surface area contributed by atoms with Gasteiger partial charge in [-0.2, -0.15) is 0 Å². The molecule has 0 bridgehead atoms. The molecule has 0 aromatic heterocycles. The van der Waals surface area contributed by atoms with Crippen molar-refractivity contribution in [2.75, 3.05) is 37.7 Å². The summed E-state index contributed by atoms with van der Waals surface area (Å²) in [6.45, 7) is 2.99. The second-order valence-electron chi connectivity index (χ2n) is 12.1. The zero-order valence-corrected chi connectivity index (χ0v) is 23.6. The van der Waals surface area contributed by atoms with Gasteiger partial charge < -0.3 is 29.7 Å². The number of aliphatic hydroxyl groups is 1. The predicted molar refractivity (Wildman–Crippen MR) is 162 cm³/mol. The lowest BCUT2D eigenvalue weighted by Crippen LogP contribution is -2.61. The van der Waals surface area contributed by atoms with E-state index in [1.165, 1.54) is 0 Å². The molecule has 5 rings (SSSR count). The van der Waals surface area contributed by atoms with Crippen LogP contribution in [0, 0.1) is 5.92 Å². The highest BCUT2D eigenvalue weighted by Gasteiger charge is 2.45. The Bertz CT molecular complexity index is 1150. The Hall–Kier alpha value is -2.22. The van der Waals surface area contributed by atoms with Gasteiger partial charge in [0, 0.05) is 30.3 Å². The number of carbonyl (C=O) groups excluding carboxylic acids is 1. The minimum atomic E-state index is -0.893. The zero-order chi connectivity index (χ0) is 27.1. The fourth-order valence-electron chi connectivity index (χ4n) is 6.25. The molecule has 2 aromatic carbocycles. The lowest BCUT2D eigenvalue weighted by Gasteiger charge is -2.44. The van der Waals surface area contributed by atoms with Gasteiger partial charge in [-0.05, 0) is 71.9 Å². The number of likely N-dealkylation sites (tertiary alicyclic amines) is 1. The van der Waals surface area contributed by atoms with Crippen molar-refractivity contribution >= 4 is 54.6 Å². The van der Waals surface area contributed by atoms with Gasteiger partial charge >= 0.3 is 0 Å². The molecule has 198 valence electrons. The fraction of sp³-hybridized carbons (Fsp3) is 0.500. The lowest BCUT2D eigenvalue weighted by molar-refractivity contribution is -0.126. The topological polar surface area (TPSA) is 74.3 Å². The summed E-state index contributed by atoms with van der Waals surface area (Å²) in [5.41, 5.74) is 1.78. The van der Waals surface area contributed by atoms with Gasteiger partial charge in [-0.25, -0.2) is 0 Å². The summed E-state index contributed by atoms with van der Waals surface area (Å²) in [6, 6.07) is 12.8. The van der Waals surface area contributed by atoms with Crippen molar-refractivity contribution in [3.8, 4) is 11.5 Å². The number of anilines is 1. The molecule has 12 heteroatoms. The van der Waals surface area contributed by atoms with Crippen molar-refractivity contribution in [2.45, 2.75) is 42.1 Å². The van der Waals surface area contributed by atoms with Crippen LogP contribution in [0.25, 0.3) is 0 Å². The minimum absolute atomic E-state index is 0.0159. The van der Waals surface area contributed by atoms with Gasteiger partial charge in [-0.1, -0.05) is 17.7 Å². The molecule has 2 fully saturated rings. The third kappa shape index (κ3) is 5.70. The van der Waals surface area contributed by atoms with E-state index in [1.807, 2.05) is 42.5 Å². The van der Waals surface area contributed by atoms with E-state index in [0.717, 1.165) is 31.5 Å². The van der Waals surface area contributed by atoms with Crippen molar-refractivity contribution in [1.29, 1.82) is 0 Å². The summed E-state index contributed by atoms with van der Waals surface area (Å²) >= 11 is 6.06. The number of carbonyl (C=O) groups is 1. The summed E-state index contributed by atoms with van der Waals surface area (Å²) in [5, 5.41) is 15.6. The second-order valence-corrected chi connectivity index (χ2v) is 12.5. The molecule has 38 heavy (non-hydrogen) atoms. The molecule has 3 aliphatic heterocycles. The number of nitrogens with one attached hydrogen (secondary N) is 1. The molecule has 0 saturated carbocycles. The Morgan fingerprint density at radius 3 is 2.39 bits per heavy atom. The SMILES string of the molecule is BC1(B)CCC(B)(B)N1C[C@@H](NC(=O)C1CCN(c2ccc(Cl)cc2)C1)[C@H](O)c1ccc2c(c1)OCCO2. The van der Waals surface area contributed by atoms with Gasteiger partial charge in [-0.15, -0.1) is 0 Å². The highest BCUT2D eigenvalue weighted by molar-refractivity contribution is 6.45. The van der Waals surface area contributed by atoms with Gasteiger partial charge in [0.25, 0.3) is 0 Å². The van der Waals surface area contributed by atoms with Crippen LogP contribution in [0.4, 0.5) is 5.69 Å². The van der Waals surface area contributed by atoms with Crippen LogP contribution in [0.15, 0.2) is 42.5 Å². The predicted octanol–water partition coefficient (Wildman–Crippen LogP) is -0.908. The summed E-state index contributed by atoms with van der Waals surface area (Å²) in [5.74, 6) is 1.15. The number of amides is 1. The fourth-order valence-corrected chi connectivity index (χ4v) is 6.38. The van der Waals surface area contributed by atoms with E-state index < -0.39 is 12.1 Å². The molecule has 0 aliphatic carbocycles. The standard InChI is InChI=1S/C26H36B4ClN3O4/c27-25(28)8-9-26(29,30)34(25)15-20(23(35)16-1-6-21-22(13-16)38-12-11-37-21)32-24(36)17-7-10-33(14-17)19-4-2-18(31)3-5-19/h1-6,13,17,20,23,35H,7-12,14-15,27-30H2,(H,32,36)/t17?,20-,23-/m1/s1. The Morgan fingerprint density at radius 1 is 1.05 bits per heavy atom. The monoisotopic (exact) mass is 533 g/mol. The molecule has 1 unspecified atom stereocenters. The number of nitrogens with zero attached hydrogens (tertiary/aromatic N) is 2. The number of aliphatic hydroxyl groups excluding tert-OH is 1. The smallest absolute Gasteiger partial charge is 0.225 e. The Balaban J connectivity index is 1.35. The van der Waals surface area contributed by atoms with Crippen LogP contribution in [0.5, 0.6) is 11.5 Å². The number of rotatable bonds is 7. The van der Waals surface area contributed by atoms with Gasteiger partial charge in [-0.3, -0.25) is 4.79 Å². The molecule has 3 heterocycles. The molecule has 1 amide bonds. The maximum absolute atomic E-state index is 13.6. The van der Waals surface area contributed by atoms with E-state index in [4.69, 9.17) is 21.1 Å². The Labute approximate surface area is 234 Å². The molecule has 3 aliphatic rings. The van der Waals surface area contributed by atoms with Crippen LogP contribution in [-0.4, -0.2) is 96.9 Å². The van der Waals surface area contributed by atoms with Crippen LogP contribution in [0.1, 0.15) is 30.9 Å². The minimum Gasteiger partial charge on any atom is -0.486 e. The summed E-state index contributed by atoms with van der Waals surface area (Å²) in [6.07, 6.45) is 2.01. The van der Waals surface area contributed by atoms with Crippen LogP contribution in [-0.2, 0) is 4.79 Å². The number of halogens is 1. The van der Waals surface area contributed by atoms with E-state index in [1.54, 1.807) is 0 Å². The van der Waals surface area contributed by atoms with Crippen molar-refractivity contribution in [3.63, 3.8) is 0 Å². The van der Waals surface area contributed by atoms with E-state index >= 15 is 0 Å². The quantitative estimate of drug-likeness (QED) is 0.450. The zero-order valence-electron chi connectivity index (χ0n) is 22.9. The van der Waals surface area contributed by atoms with E-state index in [2.05, 4.69) is 46.5 Å². The molecule has 0 spiro atoms. The maximum atomic E-state index is 13.6. The van der Waals surface area contributed by atoms with Crippen molar-refractivity contribution in [3.05, 3.63) is 53.1 Å². The molecular weight excluding hydrogens is 497 g/mol. The normalized spacial score (nSPS) is 23.6. The lowest BCUT2D eigenvalue weighted by atomic mass is 9.58. The Morgan fingerprint density at radius 2 is 1.71 bits per heavy atom. The van der Waals surface area contributed by atoms with E-state index in [-0.39, 0.29) is 22.5 Å². The first-order valence-electron chi connectivity index (χ1n) is 13.7. The van der Waals surface area contributed by atoms with Crippen LogP contribution >= 0.6 is 11.6 Å². The highest BCUT2D eigenvalue weighted by atomic mass is 35.5. The molecule has 2 saturated heterocycles. The van der Waals surface area contributed by atoms with Gasteiger partial charge in [0.15, 0.2) is 11.5 Å². The second kappa shape index (κ2) is 10.7. The van der Waals surface area contributed by atoms with E-state index in [9.17, 15) is 9.90 Å². The number of benzene rings is 2. The summed E-state index contributed by atoms with van der Waals surface area (Å²) in [4.78, 5) is 18.3. The van der Waals surface area contributed by atoms with Crippen molar-refractivity contribution in [1.82, 2.24) is 10.2 Å². The average Bonchev–Trinajstić information content (AvgIpc) is 3.47. The molecule has 7 nitrogen and oxygen atoms in total. The van der Waals surface area contributed by atoms with Gasteiger partial charge in [0.2, 0.25) is 5.91 Å². The number of hydrogen-bond donors (Lipinski definition) is 2. The molecule has 2 N–H and O–H groups in total. The largest absolute Gasteiger partial charge is 0.486 e.